The number of carbonyl (C=O) groups is 1. The van der Waals surface area contributed by atoms with Crippen LogP contribution < -0.4 is 10.6 Å². The minimum atomic E-state index is -0.200. The molecule has 4 rings (SSSR count). The van der Waals surface area contributed by atoms with Crippen LogP contribution in [0.1, 0.15) is 47.7 Å². The Labute approximate surface area is 152 Å². The van der Waals surface area contributed by atoms with E-state index in [1.807, 2.05) is 19.9 Å². The van der Waals surface area contributed by atoms with E-state index in [0.717, 1.165) is 24.2 Å². The summed E-state index contributed by atoms with van der Waals surface area (Å²) in [5.41, 5.74) is 1.80. The molecule has 4 heterocycles. The molecule has 0 aliphatic carbocycles. The molecule has 24 heavy (non-hydrogen) atoms. The number of nitrogens with zero attached hydrogens (tertiary/aromatic N) is 4. The molecule has 2 fully saturated rings. The Bertz CT molecular complexity index is 737. The number of halogens is 2. The quantitative estimate of drug-likeness (QED) is 0.836. The topological polar surface area (TPSA) is 84.2 Å². The Hall–Kier alpha value is -1.44. The number of piperidine rings is 1. The second kappa shape index (κ2) is 7.21. The van der Waals surface area contributed by atoms with Gasteiger partial charge in [-0.2, -0.15) is 4.98 Å². The highest BCUT2D eigenvalue weighted by Gasteiger charge is 2.34. The molecule has 2 aromatic rings. The summed E-state index contributed by atoms with van der Waals surface area (Å²) >= 11 is 0. The molecular weight excluding hydrogens is 351 g/mol. The van der Waals surface area contributed by atoms with Crippen molar-refractivity contribution in [1.82, 2.24) is 30.2 Å². The number of carbonyl (C=O) groups excluding carboxylic acids is 1. The van der Waals surface area contributed by atoms with Gasteiger partial charge in [0.15, 0.2) is 0 Å². The van der Waals surface area contributed by atoms with Gasteiger partial charge in [-0.25, -0.2) is 9.50 Å². The highest BCUT2D eigenvalue weighted by molar-refractivity contribution is 5.91. The molecule has 1 amide bonds. The molecule has 9 heteroatoms. The number of rotatable bonds is 2. The summed E-state index contributed by atoms with van der Waals surface area (Å²) in [6.07, 6.45) is 4.41. The van der Waals surface area contributed by atoms with E-state index in [1.54, 1.807) is 4.52 Å². The van der Waals surface area contributed by atoms with E-state index in [9.17, 15) is 4.79 Å². The van der Waals surface area contributed by atoms with Crippen molar-refractivity contribution in [2.45, 2.75) is 57.7 Å². The third kappa shape index (κ3) is 3.48. The van der Waals surface area contributed by atoms with Crippen molar-refractivity contribution in [2.75, 3.05) is 0 Å². The first-order valence-corrected chi connectivity index (χ1v) is 7.86. The fourth-order valence-corrected chi connectivity index (χ4v) is 3.69. The maximum absolute atomic E-state index is 12.4. The molecule has 2 aliphatic rings. The Kier molecular flexibility index (Phi) is 5.67. The van der Waals surface area contributed by atoms with Crippen LogP contribution in [0.5, 0.6) is 0 Å². The van der Waals surface area contributed by atoms with Crippen LogP contribution in [0.2, 0.25) is 0 Å². The smallest absolute Gasteiger partial charge is 0.291 e. The van der Waals surface area contributed by atoms with Crippen molar-refractivity contribution in [3.05, 3.63) is 23.3 Å². The lowest BCUT2D eigenvalue weighted by atomic mass is 10.00. The van der Waals surface area contributed by atoms with Crippen molar-refractivity contribution in [2.24, 2.45) is 0 Å². The lowest BCUT2D eigenvalue weighted by Gasteiger charge is -2.29. The summed E-state index contributed by atoms with van der Waals surface area (Å²) in [6.45, 7) is 3.84. The van der Waals surface area contributed by atoms with E-state index in [0.29, 0.717) is 17.9 Å². The summed E-state index contributed by atoms with van der Waals surface area (Å²) in [5, 5.41) is 10.9. The number of nitrogens with one attached hydrogen (secondary N) is 2. The first-order valence-electron chi connectivity index (χ1n) is 7.86. The predicted octanol–water partition coefficient (Wildman–Crippen LogP) is 1.60. The second-order valence-electron chi connectivity index (χ2n) is 6.47. The van der Waals surface area contributed by atoms with Crippen LogP contribution in [-0.4, -0.2) is 43.6 Å². The molecule has 0 spiro atoms. The van der Waals surface area contributed by atoms with Crippen LogP contribution in [-0.2, 0) is 0 Å². The highest BCUT2D eigenvalue weighted by atomic mass is 35.5. The van der Waals surface area contributed by atoms with Gasteiger partial charge in [0.25, 0.3) is 11.7 Å². The first kappa shape index (κ1) is 18.9. The number of amides is 1. The lowest BCUT2D eigenvalue weighted by Crippen LogP contribution is -2.48. The van der Waals surface area contributed by atoms with Crippen molar-refractivity contribution in [3.63, 3.8) is 0 Å². The summed E-state index contributed by atoms with van der Waals surface area (Å²) in [5.74, 6) is 0.481. The number of hydrogen-bond donors (Lipinski definition) is 2. The summed E-state index contributed by atoms with van der Waals surface area (Å²) < 4.78 is 1.62. The maximum Gasteiger partial charge on any atom is 0.291 e. The van der Waals surface area contributed by atoms with Gasteiger partial charge in [-0.1, -0.05) is 0 Å². The third-order valence-corrected chi connectivity index (χ3v) is 4.63. The molecule has 2 unspecified atom stereocenters. The summed E-state index contributed by atoms with van der Waals surface area (Å²) in [7, 11) is 0. The zero-order chi connectivity index (χ0) is 15.3. The molecule has 2 N–H and O–H groups in total. The van der Waals surface area contributed by atoms with Crippen molar-refractivity contribution in [3.8, 4) is 0 Å². The Morgan fingerprint density at radius 3 is 2.54 bits per heavy atom. The Morgan fingerprint density at radius 2 is 1.88 bits per heavy atom. The van der Waals surface area contributed by atoms with E-state index in [4.69, 9.17) is 0 Å². The fourth-order valence-electron chi connectivity index (χ4n) is 3.69. The maximum atomic E-state index is 12.4. The molecule has 0 aromatic carbocycles. The van der Waals surface area contributed by atoms with Crippen LogP contribution in [0.25, 0.3) is 5.78 Å². The fraction of sp³-hybridized carbons (Fsp3) is 0.600. The number of aryl methyl sites for hydroxylation is 2. The first-order chi connectivity index (χ1) is 10.6. The minimum Gasteiger partial charge on any atom is -0.346 e. The average Bonchev–Trinajstić information content (AvgIpc) is 3.02. The third-order valence-electron chi connectivity index (χ3n) is 4.63. The number of aromatic nitrogens is 4. The molecule has 2 bridgehead atoms. The van der Waals surface area contributed by atoms with Gasteiger partial charge in [-0.15, -0.1) is 29.9 Å². The Balaban J connectivity index is 0.00000104. The van der Waals surface area contributed by atoms with Gasteiger partial charge in [0.1, 0.15) is 0 Å². The molecule has 132 valence electrons. The summed E-state index contributed by atoms with van der Waals surface area (Å²) in [4.78, 5) is 21.0. The number of hydrogen-bond acceptors (Lipinski definition) is 5. The molecule has 7 nitrogen and oxygen atoms in total. The summed E-state index contributed by atoms with van der Waals surface area (Å²) in [6, 6.07) is 3.23. The van der Waals surface area contributed by atoms with E-state index in [1.165, 1.54) is 12.8 Å². The molecular formula is C15H22Cl2N6O. The molecule has 0 saturated carbocycles. The monoisotopic (exact) mass is 372 g/mol. The van der Waals surface area contributed by atoms with E-state index in [2.05, 4.69) is 25.7 Å². The predicted molar refractivity (Wildman–Crippen MR) is 95.2 cm³/mol. The zero-order valence-electron chi connectivity index (χ0n) is 13.7. The lowest BCUT2D eigenvalue weighted by molar-refractivity contribution is 0.0913. The van der Waals surface area contributed by atoms with Gasteiger partial charge in [-0.05, 0) is 45.6 Å². The molecule has 2 aromatic heterocycles. The zero-order valence-corrected chi connectivity index (χ0v) is 15.3. The SMILES string of the molecule is Cc1cc(C)n2nc(C(=O)NC3CC4CCC(C3)N4)nc2n1.Cl.Cl. The van der Waals surface area contributed by atoms with Gasteiger partial charge in [0.05, 0.1) is 0 Å². The largest absolute Gasteiger partial charge is 0.346 e. The van der Waals surface area contributed by atoms with E-state index in [-0.39, 0.29) is 42.6 Å². The molecule has 2 saturated heterocycles. The second-order valence-corrected chi connectivity index (χ2v) is 6.47. The van der Waals surface area contributed by atoms with Crippen LogP contribution in [0.3, 0.4) is 0 Å². The molecule has 2 atom stereocenters. The van der Waals surface area contributed by atoms with Gasteiger partial charge in [-0.3, -0.25) is 4.79 Å². The molecule has 0 radical (unpaired) electrons. The normalized spacial score (nSPS) is 25.0. The Morgan fingerprint density at radius 1 is 1.21 bits per heavy atom. The van der Waals surface area contributed by atoms with E-state index >= 15 is 0 Å². The van der Waals surface area contributed by atoms with Crippen molar-refractivity contribution in [1.29, 1.82) is 0 Å². The average molecular weight is 373 g/mol. The van der Waals surface area contributed by atoms with Gasteiger partial charge < -0.3 is 10.6 Å². The van der Waals surface area contributed by atoms with Crippen LogP contribution >= 0.6 is 24.8 Å². The van der Waals surface area contributed by atoms with Crippen LogP contribution in [0.4, 0.5) is 0 Å². The highest BCUT2D eigenvalue weighted by Crippen LogP contribution is 2.26. The molecule has 2 aliphatic heterocycles. The van der Waals surface area contributed by atoms with Crippen LogP contribution in [0, 0.1) is 13.8 Å². The van der Waals surface area contributed by atoms with Gasteiger partial charge >= 0.3 is 0 Å². The van der Waals surface area contributed by atoms with Gasteiger partial charge in [0.2, 0.25) is 5.82 Å². The standard InChI is InChI=1S/C15H20N6O.2ClH/c1-8-5-9(2)21-15(16-8)19-13(20-21)14(22)18-12-6-10-3-4-11(7-12)17-10;;/h5,10-12,17H,3-4,6-7H2,1-2H3,(H,18,22);2*1H. The van der Waals surface area contributed by atoms with Gasteiger partial charge in [0, 0.05) is 29.5 Å². The van der Waals surface area contributed by atoms with Crippen molar-refractivity contribution < 1.29 is 4.79 Å². The number of fused-ring (bicyclic) bond motifs is 3. The minimum absolute atomic E-state index is 0. The van der Waals surface area contributed by atoms with Crippen LogP contribution in [0.15, 0.2) is 6.07 Å². The van der Waals surface area contributed by atoms with Crippen molar-refractivity contribution >= 4 is 36.5 Å². The van der Waals surface area contributed by atoms with E-state index < -0.39 is 0 Å².